The molecule has 1 aliphatic rings. The molecule has 0 fully saturated rings. The molecule has 0 spiro atoms. The Morgan fingerprint density at radius 3 is 2.50 bits per heavy atom. The predicted molar refractivity (Wildman–Crippen MR) is 45.1 cm³/mol. The quantitative estimate of drug-likeness (QED) is 0.476. The molecule has 0 aromatic heterocycles. The smallest absolute Gasteiger partial charge is 0.262 e. The van der Waals surface area contributed by atoms with Gasteiger partial charge in [-0.3, -0.25) is 9.59 Å². The first-order valence-corrected chi connectivity index (χ1v) is 4.01. The van der Waals surface area contributed by atoms with Crippen LogP contribution in [0.15, 0.2) is 4.99 Å². The highest BCUT2D eigenvalue weighted by Crippen LogP contribution is 2.20. The third-order valence-electron chi connectivity index (χ3n) is 1.72. The third-order valence-corrected chi connectivity index (χ3v) is 1.98. The van der Waals surface area contributed by atoms with Gasteiger partial charge in [-0.15, -0.1) is 11.6 Å². The highest BCUT2D eigenvalue weighted by molar-refractivity contribution is 6.32. The average Bonchev–Trinajstić information content (AvgIpc) is 2.00. The highest BCUT2D eigenvalue weighted by Gasteiger charge is 2.39. The molecular weight excluding hydrogens is 180 g/mol. The number of alkyl halides is 1. The van der Waals surface area contributed by atoms with E-state index in [9.17, 15) is 9.59 Å². The van der Waals surface area contributed by atoms with Gasteiger partial charge in [0.15, 0.2) is 0 Å². The Bertz CT molecular complexity index is 271. The van der Waals surface area contributed by atoms with Crippen LogP contribution in [0.1, 0.15) is 13.8 Å². The number of hydrogen-bond acceptors (Lipinski definition) is 2. The SMILES string of the molecule is CC1(C)C(=O)N=C(CCl)NC1=O. The lowest BCUT2D eigenvalue weighted by Crippen LogP contribution is -2.49. The van der Waals surface area contributed by atoms with Crippen molar-refractivity contribution >= 4 is 29.3 Å². The van der Waals surface area contributed by atoms with Gasteiger partial charge in [0.1, 0.15) is 11.3 Å². The third kappa shape index (κ3) is 1.34. The molecule has 2 amide bonds. The van der Waals surface area contributed by atoms with Gasteiger partial charge >= 0.3 is 0 Å². The summed E-state index contributed by atoms with van der Waals surface area (Å²) in [5.41, 5.74) is -1.06. The summed E-state index contributed by atoms with van der Waals surface area (Å²) in [6.45, 7) is 3.05. The molecule has 12 heavy (non-hydrogen) atoms. The van der Waals surface area contributed by atoms with Gasteiger partial charge in [-0.2, -0.15) is 4.99 Å². The minimum atomic E-state index is -1.06. The van der Waals surface area contributed by atoms with Crippen molar-refractivity contribution in [3.63, 3.8) is 0 Å². The minimum absolute atomic E-state index is 0.0492. The van der Waals surface area contributed by atoms with Gasteiger partial charge in [-0.25, -0.2) is 0 Å². The first-order valence-electron chi connectivity index (χ1n) is 3.48. The topological polar surface area (TPSA) is 58.5 Å². The van der Waals surface area contributed by atoms with E-state index in [0.717, 1.165) is 0 Å². The number of nitrogens with zero attached hydrogens (tertiary/aromatic N) is 1. The van der Waals surface area contributed by atoms with Crippen LogP contribution in [0.5, 0.6) is 0 Å². The van der Waals surface area contributed by atoms with Crippen LogP contribution < -0.4 is 5.32 Å². The van der Waals surface area contributed by atoms with Gasteiger partial charge in [0.2, 0.25) is 5.91 Å². The molecular formula is C7H9ClN2O2. The molecule has 1 N–H and O–H groups in total. The second kappa shape index (κ2) is 2.86. The van der Waals surface area contributed by atoms with E-state index in [4.69, 9.17) is 11.6 Å². The predicted octanol–water partition coefficient (Wildman–Crippen LogP) is 0.306. The molecule has 1 aliphatic heterocycles. The first-order chi connectivity index (χ1) is 5.48. The molecule has 0 aromatic rings. The van der Waals surface area contributed by atoms with Crippen molar-refractivity contribution in [3.05, 3.63) is 0 Å². The van der Waals surface area contributed by atoms with E-state index >= 15 is 0 Å². The number of carbonyl (C=O) groups is 2. The van der Waals surface area contributed by atoms with E-state index < -0.39 is 11.3 Å². The van der Waals surface area contributed by atoms with Crippen LogP contribution in [0.4, 0.5) is 0 Å². The van der Waals surface area contributed by atoms with E-state index in [1.807, 2.05) is 0 Å². The molecule has 0 radical (unpaired) electrons. The van der Waals surface area contributed by atoms with E-state index in [1.54, 1.807) is 0 Å². The monoisotopic (exact) mass is 188 g/mol. The molecule has 0 saturated heterocycles. The maximum Gasteiger partial charge on any atom is 0.262 e. The summed E-state index contributed by atoms with van der Waals surface area (Å²) in [5.74, 6) is -0.515. The molecule has 0 aromatic carbocycles. The molecule has 1 heterocycles. The zero-order valence-corrected chi connectivity index (χ0v) is 7.60. The lowest BCUT2D eigenvalue weighted by Gasteiger charge is -2.24. The molecule has 0 unspecified atom stereocenters. The second-order valence-corrected chi connectivity index (χ2v) is 3.34. The number of amides is 2. The summed E-state index contributed by atoms with van der Waals surface area (Å²) in [6.07, 6.45) is 0. The van der Waals surface area contributed by atoms with Crippen molar-refractivity contribution in [3.8, 4) is 0 Å². The number of nitrogens with one attached hydrogen (secondary N) is 1. The van der Waals surface area contributed by atoms with Crippen LogP contribution >= 0.6 is 11.6 Å². The molecule has 0 bridgehead atoms. The zero-order valence-electron chi connectivity index (χ0n) is 6.85. The van der Waals surface area contributed by atoms with Crippen molar-refractivity contribution in [2.24, 2.45) is 10.4 Å². The fraction of sp³-hybridized carbons (Fsp3) is 0.571. The fourth-order valence-electron chi connectivity index (χ4n) is 0.738. The number of halogens is 1. The van der Waals surface area contributed by atoms with Crippen molar-refractivity contribution in [1.29, 1.82) is 0 Å². The second-order valence-electron chi connectivity index (χ2n) is 3.08. The number of amidine groups is 1. The molecule has 4 nitrogen and oxygen atoms in total. The van der Waals surface area contributed by atoms with Crippen molar-refractivity contribution in [2.75, 3.05) is 5.88 Å². The van der Waals surface area contributed by atoms with Gasteiger partial charge in [-0.1, -0.05) is 0 Å². The Kier molecular flexibility index (Phi) is 2.19. The molecule has 0 aliphatic carbocycles. The Labute approximate surface area is 75.0 Å². The molecule has 1 rings (SSSR count). The molecule has 0 atom stereocenters. The Balaban J connectivity index is 3.00. The lowest BCUT2D eigenvalue weighted by molar-refractivity contribution is -0.139. The average molecular weight is 189 g/mol. The van der Waals surface area contributed by atoms with E-state index in [-0.39, 0.29) is 17.6 Å². The number of aliphatic imine (C=N–C) groups is 1. The summed E-state index contributed by atoms with van der Waals surface area (Å²) in [7, 11) is 0. The van der Waals surface area contributed by atoms with E-state index in [1.165, 1.54) is 13.8 Å². The van der Waals surface area contributed by atoms with Crippen LogP contribution in [-0.4, -0.2) is 23.5 Å². The minimum Gasteiger partial charge on any atom is -0.312 e. The highest BCUT2D eigenvalue weighted by atomic mass is 35.5. The number of hydrogen-bond donors (Lipinski definition) is 1. The van der Waals surface area contributed by atoms with Gasteiger partial charge < -0.3 is 5.32 Å². The maximum atomic E-state index is 11.2. The Morgan fingerprint density at radius 2 is 2.08 bits per heavy atom. The van der Waals surface area contributed by atoms with Crippen LogP contribution in [0, 0.1) is 5.41 Å². The van der Waals surface area contributed by atoms with Crippen LogP contribution in [0.3, 0.4) is 0 Å². The summed E-state index contributed by atoms with van der Waals surface area (Å²) in [6, 6.07) is 0. The number of carbonyl (C=O) groups excluding carboxylic acids is 2. The summed E-state index contributed by atoms with van der Waals surface area (Å²) in [4.78, 5) is 26.0. The van der Waals surface area contributed by atoms with E-state index in [0.29, 0.717) is 0 Å². The normalized spacial score (nSPS) is 21.8. The molecule has 66 valence electrons. The van der Waals surface area contributed by atoms with Crippen LogP contribution in [-0.2, 0) is 9.59 Å². The largest absolute Gasteiger partial charge is 0.312 e. The standard InChI is InChI=1S/C7H9ClN2O2/c1-7(2)5(11)9-4(3-8)10-6(7)12/h3H2,1-2H3,(H,9,10,11,12). The number of rotatable bonds is 1. The van der Waals surface area contributed by atoms with Gasteiger partial charge in [0.05, 0.1) is 5.88 Å². The summed E-state index contributed by atoms with van der Waals surface area (Å²) in [5, 5.41) is 2.44. The lowest BCUT2D eigenvalue weighted by atomic mass is 9.90. The Morgan fingerprint density at radius 1 is 1.50 bits per heavy atom. The fourth-order valence-corrected chi connectivity index (χ4v) is 0.865. The zero-order chi connectivity index (χ0) is 9.35. The summed E-state index contributed by atoms with van der Waals surface area (Å²) >= 11 is 5.41. The van der Waals surface area contributed by atoms with Crippen molar-refractivity contribution < 1.29 is 9.59 Å². The maximum absolute atomic E-state index is 11.2. The summed E-state index contributed by atoms with van der Waals surface area (Å²) < 4.78 is 0. The Hall–Kier alpha value is -0.900. The van der Waals surface area contributed by atoms with Crippen molar-refractivity contribution in [2.45, 2.75) is 13.8 Å². The van der Waals surface area contributed by atoms with Crippen LogP contribution in [0.2, 0.25) is 0 Å². The first kappa shape index (κ1) is 9.19. The van der Waals surface area contributed by atoms with Crippen LogP contribution in [0.25, 0.3) is 0 Å². The van der Waals surface area contributed by atoms with Crippen molar-refractivity contribution in [1.82, 2.24) is 5.32 Å². The molecule has 0 saturated carbocycles. The van der Waals surface area contributed by atoms with Gasteiger partial charge in [0, 0.05) is 0 Å². The van der Waals surface area contributed by atoms with Gasteiger partial charge in [0.25, 0.3) is 5.91 Å². The van der Waals surface area contributed by atoms with E-state index in [2.05, 4.69) is 10.3 Å². The van der Waals surface area contributed by atoms with Gasteiger partial charge in [-0.05, 0) is 13.8 Å². The molecule has 5 heteroatoms.